The summed E-state index contributed by atoms with van der Waals surface area (Å²) in [5, 5.41) is 0.748. The minimum Gasteiger partial charge on any atom is -0.312 e. The van der Waals surface area contributed by atoms with Crippen molar-refractivity contribution >= 4 is 22.9 Å². The zero-order chi connectivity index (χ0) is 15.4. The minimum absolute atomic E-state index is 0.00325. The van der Waals surface area contributed by atoms with Crippen molar-refractivity contribution in [3.05, 3.63) is 43.3 Å². The zero-order valence-electron chi connectivity index (χ0n) is 12.7. The van der Waals surface area contributed by atoms with Crippen LogP contribution >= 0.6 is 22.9 Å². The minimum atomic E-state index is -0.00325. The first kappa shape index (κ1) is 16.3. The van der Waals surface area contributed by atoms with Crippen LogP contribution < -0.4 is 4.87 Å². The number of aromatic amines is 1. The molecule has 0 fully saturated rings. The molecule has 0 amide bonds. The molecular formula is C16H21ClN2OS. The Kier molecular flexibility index (Phi) is 5.62. The molecule has 0 aliphatic heterocycles. The molecule has 0 unspecified atom stereocenters. The van der Waals surface area contributed by atoms with E-state index < -0.39 is 0 Å². The van der Waals surface area contributed by atoms with Crippen LogP contribution in [0.25, 0.3) is 11.3 Å². The van der Waals surface area contributed by atoms with E-state index in [4.69, 9.17) is 11.6 Å². The van der Waals surface area contributed by atoms with Crippen LogP contribution in [0.4, 0.5) is 0 Å². The van der Waals surface area contributed by atoms with Gasteiger partial charge in [-0.2, -0.15) is 0 Å². The molecule has 0 spiro atoms. The number of aromatic nitrogens is 1. The Balaban J connectivity index is 2.27. The van der Waals surface area contributed by atoms with E-state index in [-0.39, 0.29) is 4.87 Å². The maximum absolute atomic E-state index is 11.8. The average molecular weight is 325 g/mol. The van der Waals surface area contributed by atoms with E-state index in [9.17, 15) is 4.79 Å². The summed E-state index contributed by atoms with van der Waals surface area (Å²) in [6, 6.07) is 5.87. The third-order valence-electron chi connectivity index (χ3n) is 3.48. The predicted octanol–water partition coefficient (Wildman–Crippen LogP) is 4.30. The molecule has 0 atom stereocenters. The van der Waals surface area contributed by atoms with Crippen molar-refractivity contribution in [2.75, 3.05) is 13.6 Å². The predicted molar refractivity (Wildman–Crippen MR) is 91.4 cm³/mol. The Hall–Kier alpha value is -1.10. The summed E-state index contributed by atoms with van der Waals surface area (Å²) in [4.78, 5) is 18.1. The Labute approximate surface area is 134 Å². The van der Waals surface area contributed by atoms with Gasteiger partial charge in [-0.1, -0.05) is 42.3 Å². The molecule has 1 heterocycles. The van der Waals surface area contributed by atoms with E-state index in [1.165, 1.54) is 24.2 Å². The van der Waals surface area contributed by atoms with Crippen LogP contribution in [0.1, 0.15) is 30.2 Å². The van der Waals surface area contributed by atoms with Gasteiger partial charge in [0.25, 0.3) is 0 Å². The van der Waals surface area contributed by atoms with E-state index in [0.717, 1.165) is 39.8 Å². The molecule has 1 aromatic heterocycles. The fraction of sp³-hybridized carbons (Fsp3) is 0.438. The van der Waals surface area contributed by atoms with Crippen LogP contribution in [0.5, 0.6) is 0 Å². The van der Waals surface area contributed by atoms with Crippen molar-refractivity contribution in [3.8, 4) is 11.3 Å². The van der Waals surface area contributed by atoms with E-state index in [2.05, 4.69) is 23.9 Å². The highest BCUT2D eigenvalue weighted by Gasteiger charge is 2.13. The van der Waals surface area contributed by atoms with Crippen molar-refractivity contribution in [3.63, 3.8) is 0 Å². The van der Waals surface area contributed by atoms with Crippen molar-refractivity contribution in [1.29, 1.82) is 0 Å². The quantitative estimate of drug-likeness (QED) is 0.860. The standard InChI is InChI=1S/C16H21ClN2OS/c1-4-5-8-19(3)10-14-15(18-16(20)21-14)12-6-7-13(17)11(2)9-12/h6-7,9H,4-5,8,10H2,1-3H3,(H,18,20). The van der Waals surface area contributed by atoms with Crippen molar-refractivity contribution in [1.82, 2.24) is 9.88 Å². The molecule has 21 heavy (non-hydrogen) atoms. The number of thiazole rings is 1. The number of benzene rings is 1. The van der Waals surface area contributed by atoms with E-state index in [0.29, 0.717) is 0 Å². The summed E-state index contributed by atoms with van der Waals surface area (Å²) in [6.45, 7) is 6.00. The molecule has 114 valence electrons. The maximum Gasteiger partial charge on any atom is 0.305 e. The number of nitrogens with zero attached hydrogens (tertiary/aromatic N) is 1. The lowest BCUT2D eigenvalue weighted by Gasteiger charge is -2.16. The molecule has 0 saturated carbocycles. The normalized spacial score (nSPS) is 11.3. The van der Waals surface area contributed by atoms with Gasteiger partial charge in [-0.3, -0.25) is 4.79 Å². The fourth-order valence-electron chi connectivity index (χ4n) is 2.26. The number of rotatable bonds is 6. The molecule has 5 heteroatoms. The average Bonchev–Trinajstić information content (AvgIpc) is 2.80. The lowest BCUT2D eigenvalue weighted by molar-refractivity contribution is 0.324. The molecule has 2 aromatic rings. The summed E-state index contributed by atoms with van der Waals surface area (Å²) in [5.74, 6) is 0. The fourth-order valence-corrected chi connectivity index (χ4v) is 3.31. The van der Waals surface area contributed by atoms with Gasteiger partial charge in [0.05, 0.1) is 5.69 Å². The molecule has 0 bridgehead atoms. The van der Waals surface area contributed by atoms with E-state index >= 15 is 0 Å². The molecule has 0 aliphatic carbocycles. The SMILES string of the molecule is CCCCN(C)Cc1sc(=O)[nH]c1-c1ccc(Cl)c(C)c1. The highest BCUT2D eigenvalue weighted by atomic mass is 35.5. The largest absolute Gasteiger partial charge is 0.312 e. The third kappa shape index (κ3) is 4.19. The second-order valence-corrected chi connectivity index (χ2v) is 6.84. The first-order chi connectivity index (χ1) is 10.0. The maximum atomic E-state index is 11.8. The van der Waals surface area contributed by atoms with E-state index in [1.54, 1.807) is 0 Å². The van der Waals surface area contributed by atoms with Gasteiger partial charge in [0, 0.05) is 16.4 Å². The van der Waals surface area contributed by atoms with Crippen LogP contribution in [0.2, 0.25) is 5.02 Å². The Morgan fingerprint density at radius 2 is 2.14 bits per heavy atom. The lowest BCUT2D eigenvalue weighted by Crippen LogP contribution is -2.18. The highest BCUT2D eigenvalue weighted by Crippen LogP contribution is 2.27. The zero-order valence-corrected chi connectivity index (χ0v) is 14.3. The number of hydrogen-bond acceptors (Lipinski definition) is 3. The third-order valence-corrected chi connectivity index (χ3v) is 4.77. The molecular weight excluding hydrogens is 304 g/mol. The number of hydrogen-bond donors (Lipinski definition) is 1. The number of aryl methyl sites for hydroxylation is 1. The number of halogens is 1. The number of H-pyrrole nitrogens is 1. The monoisotopic (exact) mass is 324 g/mol. The summed E-state index contributed by atoms with van der Waals surface area (Å²) < 4.78 is 0. The van der Waals surface area contributed by atoms with Gasteiger partial charge in [-0.25, -0.2) is 0 Å². The van der Waals surface area contributed by atoms with E-state index in [1.807, 2.05) is 25.1 Å². The Morgan fingerprint density at radius 3 is 2.81 bits per heavy atom. The van der Waals surface area contributed by atoms with Gasteiger partial charge in [0.15, 0.2) is 0 Å². The van der Waals surface area contributed by atoms with Gasteiger partial charge in [-0.05, 0) is 50.2 Å². The van der Waals surface area contributed by atoms with Crippen LogP contribution in [-0.4, -0.2) is 23.5 Å². The van der Waals surface area contributed by atoms with Gasteiger partial charge in [-0.15, -0.1) is 0 Å². The number of nitrogens with one attached hydrogen (secondary N) is 1. The van der Waals surface area contributed by atoms with Gasteiger partial charge >= 0.3 is 4.87 Å². The molecule has 0 radical (unpaired) electrons. The molecule has 0 saturated heterocycles. The van der Waals surface area contributed by atoms with Gasteiger partial charge in [0.1, 0.15) is 0 Å². The molecule has 3 nitrogen and oxygen atoms in total. The first-order valence-corrected chi connectivity index (χ1v) is 8.37. The van der Waals surface area contributed by atoms with Crippen LogP contribution in [0.15, 0.2) is 23.0 Å². The number of unbranched alkanes of at least 4 members (excludes halogenated alkanes) is 1. The van der Waals surface area contributed by atoms with Crippen molar-refractivity contribution in [2.45, 2.75) is 33.2 Å². The first-order valence-electron chi connectivity index (χ1n) is 7.18. The van der Waals surface area contributed by atoms with Crippen LogP contribution in [-0.2, 0) is 6.54 Å². The van der Waals surface area contributed by atoms with Crippen molar-refractivity contribution < 1.29 is 0 Å². The van der Waals surface area contributed by atoms with Crippen LogP contribution in [0.3, 0.4) is 0 Å². The smallest absolute Gasteiger partial charge is 0.305 e. The second-order valence-electron chi connectivity index (χ2n) is 5.37. The lowest BCUT2D eigenvalue weighted by atomic mass is 10.1. The molecule has 1 N–H and O–H groups in total. The molecule has 1 aromatic carbocycles. The Morgan fingerprint density at radius 1 is 1.38 bits per heavy atom. The molecule has 0 aliphatic rings. The van der Waals surface area contributed by atoms with Crippen molar-refractivity contribution in [2.24, 2.45) is 0 Å². The second kappa shape index (κ2) is 7.25. The topological polar surface area (TPSA) is 36.1 Å². The van der Waals surface area contributed by atoms with Gasteiger partial charge < -0.3 is 9.88 Å². The summed E-state index contributed by atoms with van der Waals surface area (Å²) in [6.07, 6.45) is 2.35. The van der Waals surface area contributed by atoms with Crippen LogP contribution in [0, 0.1) is 6.92 Å². The summed E-state index contributed by atoms with van der Waals surface area (Å²) in [5.41, 5.74) is 2.97. The van der Waals surface area contributed by atoms with Gasteiger partial charge in [0.2, 0.25) is 0 Å². The Bertz CT molecular complexity index is 663. The molecule has 2 rings (SSSR count). The highest BCUT2D eigenvalue weighted by molar-refractivity contribution is 7.09. The summed E-state index contributed by atoms with van der Waals surface area (Å²) in [7, 11) is 2.09. The summed E-state index contributed by atoms with van der Waals surface area (Å²) >= 11 is 7.37.